The van der Waals surface area contributed by atoms with Gasteiger partial charge in [-0.25, -0.2) is 22.2 Å². The van der Waals surface area contributed by atoms with Crippen LogP contribution in [0.25, 0.3) is 0 Å². The number of nitrogens with one attached hydrogen (secondary N) is 1. The number of nitrogens with zero attached hydrogens (tertiary/aromatic N) is 1. The van der Waals surface area contributed by atoms with Gasteiger partial charge in [-0.15, -0.1) is 0 Å². The highest BCUT2D eigenvalue weighted by Gasteiger charge is 2.09. The highest BCUT2D eigenvalue weighted by atomic mass is 32.2. The molecule has 0 saturated heterocycles. The minimum atomic E-state index is -3.35. The molecule has 0 atom stereocenters. The summed E-state index contributed by atoms with van der Waals surface area (Å²) in [4.78, 5) is 3.78. The van der Waals surface area contributed by atoms with Crippen molar-refractivity contribution in [3.63, 3.8) is 0 Å². The third-order valence-corrected chi connectivity index (χ3v) is 3.63. The molecule has 1 aromatic heterocycles. The Morgan fingerprint density at radius 2 is 1.95 bits per heavy atom. The Hall–Kier alpha value is -2.02. The van der Waals surface area contributed by atoms with E-state index in [2.05, 4.69) is 10.3 Å². The van der Waals surface area contributed by atoms with E-state index in [0.29, 0.717) is 5.69 Å². The Kier molecular flexibility index (Phi) is 3.99. The molecule has 0 radical (unpaired) electrons. The van der Waals surface area contributed by atoms with Gasteiger partial charge in [0.1, 0.15) is 0 Å². The molecule has 0 saturated carbocycles. The molecule has 2 aromatic rings. The first-order chi connectivity index (χ1) is 9.38. The Bertz CT molecular complexity index is 716. The summed E-state index contributed by atoms with van der Waals surface area (Å²) in [5.74, 6) is -1.81. The highest BCUT2D eigenvalue weighted by Crippen LogP contribution is 2.15. The van der Waals surface area contributed by atoms with Crippen molar-refractivity contribution >= 4 is 15.5 Å². The van der Waals surface area contributed by atoms with Gasteiger partial charge < -0.3 is 5.32 Å². The molecule has 106 valence electrons. The zero-order valence-corrected chi connectivity index (χ0v) is 11.4. The third-order valence-electron chi connectivity index (χ3n) is 2.63. The van der Waals surface area contributed by atoms with Crippen LogP contribution in [0.15, 0.2) is 41.6 Å². The summed E-state index contributed by atoms with van der Waals surface area (Å²) in [5.41, 5.74) is 0.693. The van der Waals surface area contributed by atoms with Crippen LogP contribution in [0.5, 0.6) is 0 Å². The first kappa shape index (κ1) is 14.4. The van der Waals surface area contributed by atoms with Crippen LogP contribution in [-0.2, 0) is 16.4 Å². The second-order valence-corrected chi connectivity index (χ2v) is 6.19. The fraction of sp³-hybridized carbons (Fsp3) is 0.154. The van der Waals surface area contributed by atoms with Crippen molar-refractivity contribution in [3.05, 3.63) is 53.7 Å². The smallest absolute Gasteiger partial charge is 0.192 e. The zero-order chi connectivity index (χ0) is 14.8. The fourth-order valence-electron chi connectivity index (χ4n) is 1.59. The van der Waals surface area contributed by atoms with Gasteiger partial charge in [-0.2, -0.15) is 0 Å². The molecule has 20 heavy (non-hydrogen) atoms. The standard InChI is InChI=1S/C13H12F2N2O2S/c1-20(18,19)12-6-5-10(8-17-12)16-7-9-3-2-4-11(14)13(9)15/h2-6,8,16H,7H2,1H3. The molecule has 0 unspecified atom stereocenters. The second-order valence-electron chi connectivity index (χ2n) is 4.22. The summed E-state index contributed by atoms with van der Waals surface area (Å²) in [6.45, 7) is 0.0729. The summed E-state index contributed by atoms with van der Waals surface area (Å²) in [5, 5.41) is 2.80. The van der Waals surface area contributed by atoms with Gasteiger partial charge >= 0.3 is 0 Å². The van der Waals surface area contributed by atoms with Crippen molar-refractivity contribution in [3.8, 4) is 0 Å². The summed E-state index contributed by atoms with van der Waals surface area (Å²) in [7, 11) is -3.35. The van der Waals surface area contributed by atoms with Crippen molar-refractivity contribution in [2.75, 3.05) is 11.6 Å². The highest BCUT2D eigenvalue weighted by molar-refractivity contribution is 7.90. The van der Waals surface area contributed by atoms with Crippen LogP contribution in [0.3, 0.4) is 0 Å². The maximum Gasteiger partial charge on any atom is 0.192 e. The first-order valence-electron chi connectivity index (χ1n) is 5.71. The predicted molar refractivity (Wildman–Crippen MR) is 71.0 cm³/mol. The van der Waals surface area contributed by atoms with E-state index in [4.69, 9.17) is 0 Å². The molecule has 4 nitrogen and oxygen atoms in total. The van der Waals surface area contributed by atoms with Gasteiger partial charge in [-0.3, -0.25) is 0 Å². The van der Waals surface area contributed by atoms with E-state index in [1.54, 1.807) is 0 Å². The SMILES string of the molecule is CS(=O)(=O)c1ccc(NCc2cccc(F)c2F)cn1. The van der Waals surface area contributed by atoms with Gasteiger partial charge in [0, 0.05) is 18.4 Å². The molecule has 1 N–H and O–H groups in total. The van der Waals surface area contributed by atoms with Gasteiger partial charge in [0.2, 0.25) is 0 Å². The maximum absolute atomic E-state index is 13.4. The molecule has 1 heterocycles. The summed E-state index contributed by atoms with van der Waals surface area (Å²) in [6.07, 6.45) is 2.39. The molecule has 0 aliphatic carbocycles. The molecule has 1 aromatic carbocycles. The van der Waals surface area contributed by atoms with Crippen molar-refractivity contribution in [1.82, 2.24) is 4.98 Å². The molecule has 0 fully saturated rings. The van der Waals surface area contributed by atoms with Crippen LogP contribution in [0, 0.1) is 11.6 Å². The minimum absolute atomic E-state index is 0.0417. The lowest BCUT2D eigenvalue weighted by atomic mass is 10.2. The lowest BCUT2D eigenvalue weighted by Gasteiger charge is -2.08. The number of hydrogen-bond donors (Lipinski definition) is 1. The molecule has 0 spiro atoms. The van der Waals surface area contributed by atoms with Gasteiger partial charge in [-0.05, 0) is 18.2 Å². The average Bonchev–Trinajstić information content (AvgIpc) is 2.40. The molecular formula is C13H12F2N2O2S. The molecule has 0 bridgehead atoms. The number of anilines is 1. The Balaban J connectivity index is 2.10. The molecule has 0 aliphatic heterocycles. The summed E-state index contributed by atoms with van der Waals surface area (Å²) in [6, 6.07) is 6.78. The average molecular weight is 298 g/mol. The molecule has 7 heteroatoms. The maximum atomic E-state index is 13.4. The number of hydrogen-bond acceptors (Lipinski definition) is 4. The Labute approximate surface area is 115 Å². The van der Waals surface area contributed by atoms with Crippen molar-refractivity contribution in [2.24, 2.45) is 0 Å². The number of sulfone groups is 1. The van der Waals surface area contributed by atoms with E-state index in [1.165, 1.54) is 30.5 Å². The van der Waals surface area contributed by atoms with Crippen LogP contribution in [0.4, 0.5) is 14.5 Å². The van der Waals surface area contributed by atoms with E-state index < -0.39 is 21.5 Å². The van der Waals surface area contributed by atoms with Crippen molar-refractivity contribution in [1.29, 1.82) is 0 Å². The van der Waals surface area contributed by atoms with Crippen LogP contribution in [0.1, 0.15) is 5.56 Å². The Morgan fingerprint density at radius 1 is 1.20 bits per heavy atom. The minimum Gasteiger partial charge on any atom is -0.380 e. The largest absolute Gasteiger partial charge is 0.380 e. The lowest BCUT2D eigenvalue weighted by Crippen LogP contribution is -2.05. The number of halogens is 2. The molecule has 2 rings (SSSR count). The topological polar surface area (TPSA) is 59.1 Å². The summed E-state index contributed by atoms with van der Waals surface area (Å²) >= 11 is 0. The second kappa shape index (κ2) is 5.54. The van der Waals surface area contributed by atoms with E-state index in [1.807, 2.05) is 0 Å². The number of rotatable bonds is 4. The molecule has 0 aliphatic rings. The van der Waals surface area contributed by atoms with Gasteiger partial charge in [0.15, 0.2) is 26.5 Å². The number of pyridine rings is 1. The van der Waals surface area contributed by atoms with E-state index in [0.717, 1.165) is 12.3 Å². The van der Waals surface area contributed by atoms with Crippen LogP contribution < -0.4 is 5.32 Å². The third kappa shape index (κ3) is 3.30. The number of benzene rings is 1. The number of aromatic nitrogens is 1. The van der Waals surface area contributed by atoms with Crippen LogP contribution >= 0.6 is 0 Å². The normalized spacial score (nSPS) is 11.3. The Morgan fingerprint density at radius 3 is 2.55 bits per heavy atom. The molecular weight excluding hydrogens is 286 g/mol. The summed E-state index contributed by atoms with van der Waals surface area (Å²) < 4.78 is 48.9. The van der Waals surface area contributed by atoms with Crippen molar-refractivity contribution in [2.45, 2.75) is 11.6 Å². The van der Waals surface area contributed by atoms with E-state index in [9.17, 15) is 17.2 Å². The van der Waals surface area contributed by atoms with Crippen LogP contribution in [-0.4, -0.2) is 19.7 Å². The van der Waals surface area contributed by atoms with E-state index >= 15 is 0 Å². The fourth-order valence-corrected chi connectivity index (χ4v) is 2.15. The quantitative estimate of drug-likeness (QED) is 0.941. The molecule has 0 amide bonds. The van der Waals surface area contributed by atoms with E-state index in [-0.39, 0.29) is 17.1 Å². The lowest BCUT2D eigenvalue weighted by molar-refractivity contribution is 0.500. The van der Waals surface area contributed by atoms with Gasteiger partial charge in [-0.1, -0.05) is 12.1 Å². The van der Waals surface area contributed by atoms with Crippen LogP contribution in [0.2, 0.25) is 0 Å². The first-order valence-corrected chi connectivity index (χ1v) is 7.60. The zero-order valence-electron chi connectivity index (χ0n) is 10.6. The predicted octanol–water partition coefficient (Wildman–Crippen LogP) is 2.38. The monoisotopic (exact) mass is 298 g/mol. The van der Waals surface area contributed by atoms with Crippen molar-refractivity contribution < 1.29 is 17.2 Å². The van der Waals surface area contributed by atoms with Gasteiger partial charge in [0.05, 0.1) is 11.9 Å². The van der Waals surface area contributed by atoms with Gasteiger partial charge in [0.25, 0.3) is 0 Å².